The van der Waals surface area contributed by atoms with Crippen LogP contribution in [0.2, 0.25) is 0 Å². The van der Waals surface area contributed by atoms with Crippen molar-refractivity contribution in [1.29, 1.82) is 0 Å². The topological polar surface area (TPSA) is 89.8 Å². The molecular weight excluding hydrogens is 284 g/mol. The minimum Gasteiger partial charge on any atom is -0.504 e. The summed E-state index contributed by atoms with van der Waals surface area (Å²) in [5, 5.41) is 30.2. The molecule has 110 valence electrons. The molecular formula is C14H11F2NO4. The van der Waals surface area contributed by atoms with Crippen LogP contribution in [-0.2, 0) is 6.54 Å². The number of halogens is 2. The number of rotatable bonds is 4. The molecule has 0 atom stereocenters. The van der Waals surface area contributed by atoms with Gasteiger partial charge in [0, 0.05) is 18.2 Å². The first-order valence-corrected chi connectivity index (χ1v) is 5.86. The fourth-order valence-electron chi connectivity index (χ4n) is 1.76. The Morgan fingerprint density at radius 2 is 1.86 bits per heavy atom. The lowest BCUT2D eigenvalue weighted by Gasteiger charge is -2.11. The number of anilines is 1. The summed E-state index contributed by atoms with van der Waals surface area (Å²) in [5.41, 5.74) is -0.619. The lowest BCUT2D eigenvalue weighted by atomic mass is 10.1. The lowest BCUT2D eigenvalue weighted by molar-refractivity contribution is 0.0692. The molecule has 2 aromatic rings. The molecule has 2 rings (SSSR count). The quantitative estimate of drug-likeness (QED) is 0.651. The molecule has 0 bridgehead atoms. The van der Waals surface area contributed by atoms with Gasteiger partial charge in [0.15, 0.2) is 11.5 Å². The van der Waals surface area contributed by atoms with Gasteiger partial charge >= 0.3 is 5.97 Å². The summed E-state index contributed by atoms with van der Waals surface area (Å²) in [5.74, 6) is -4.36. The molecule has 0 saturated carbocycles. The number of hydrogen-bond donors (Lipinski definition) is 4. The van der Waals surface area contributed by atoms with Crippen LogP contribution in [0.15, 0.2) is 30.3 Å². The average Bonchev–Trinajstić information content (AvgIpc) is 2.41. The van der Waals surface area contributed by atoms with E-state index in [0.29, 0.717) is 6.07 Å². The van der Waals surface area contributed by atoms with Crippen molar-refractivity contribution in [3.63, 3.8) is 0 Å². The van der Waals surface area contributed by atoms with Crippen molar-refractivity contribution in [1.82, 2.24) is 0 Å². The van der Waals surface area contributed by atoms with Gasteiger partial charge in [0.2, 0.25) is 0 Å². The first-order chi connectivity index (χ1) is 9.90. The molecule has 0 aromatic heterocycles. The fraction of sp³-hybridized carbons (Fsp3) is 0.0714. The maximum Gasteiger partial charge on any atom is 0.338 e. The first kappa shape index (κ1) is 14.6. The van der Waals surface area contributed by atoms with Crippen LogP contribution in [0.1, 0.15) is 15.9 Å². The third-order valence-corrected chi connectivity index (χ3v) is 2.85. The van der Waals surface area contributed by atoms with E-state index in [4.69, 9.17) is 5.11 Å². The number of phenols is 2. The Morgan fingerprint density at radius 1 is 1.14 bits per heavy atom. The highest BCUT2D eigenvalue weighted by molar-refractivity contribution is 5.89. The molecule has 0 saturated heterocycles. The van der Waals surface area contributed by atoms with Gasteiger partial charge in [-0.3, -0.25) is 0 Å². The highest BCUT2D eigenvalue weighted by Crippen LogP contribution is 2.29. The second kappa shape index (κ2) is 5.66. The summed E-state index contributed by atoms with van der Waals surface area (Å²) in [7, 11) is 0. The summed E-state index contributed by atoms with van der Waals surface area (Å²) in [6, 6.07) is 5.54. The molecule has 0 amide bonds. The van der Waals surface area contributed by atoms with E-state index in [-0.39, 0.29) is 29.3 Å². The molecule has 7 heteroatoms. The molecule has 4 N–H and O–H groups in total. The summed E-state index contributed by atoms with van der Waals surface area (Å²) < 4.78 is 26.8. The van der Waals surface area contributed by atoms with Gasteiger partial charge in [-0.25, -0.2) is 13.6 Å². The number of benzene rings is 2. The maximum atomic E-state index is 13.6. The van der Waals surface area contributed by atoms with Crippen LogP contribution < -0.4 is 5.32 Å². The Labute approximate surface area is 118 Å². The van der Waals surface area contributed by atoms with Gasteiger partial charge in [0.1, 0.15) is 11.6 Å². The number of carboxylic acid groups (broad SMARTS) is 1. The highest BCUT2D eigenvalue weighted by atomic mass is 19.1. The van der Waals surface area contributed by atoms with E-state index < -0.39 is 23.2 Å². The van der Waals surface area contributed by atoms with E-state index in [0.717, 1.165) is 6.07 Å². The third kappa shape index (κ3) is 3.02. The molecule has 0 heterocycles. The molecule has 21 heavy (non-hydrogen) atoms. The summed E-state index contributed by atoms with van der Waals surface area (Å²) in [6.45, 7) is -0.0815. The lowest BCUT2D eigenvalue weighted by Crippen LogP contribution is -2.07. The highest BCUT2D eigenvalue weighted by Gasteiger charge is 2.15. The minimum atomic E-state index is -1.52. The van der Waals surface area contributed by atoms with Crippen LogP contribution >= 0.6 is 0 Å². The molecule has 0 spiro atoms. The van der Waals surface area contributed by atoms with Crippen LogP contribution in [0.25, 0.3) is 0 Å². The van der Waals surface area contributed by atoms with E-state index in [1.807, 2.05) is 0 Å². The number of carbonyl (C=O) groups is 1. The van der Waals surface area contributed by atoms with Crippen molar-refractivity contribution in [3.8, 4) is 11.5 Å². The van der Waals surface area contributed by atoms with Gasteiger partial charge in [0.05, 0.1) is 11.3 Å². The molecule has 0 unspecified atom stereocenters. The van der Waals surface area contributed by atoms with Crippen molar-refractivity contribution in [2.75, 3.05) is 5.32 Å². The standard InChI is InChI=1S/C14H11F2NO4/c15-9-5-10(16)11(4-8(9)14(20)21)17-6-7-2-1-3-12(18)13(7)19/h1-5,17-19H,6H2,(H,20,21). The van der Waals surface area contributed by atoms with E-state index in [2.05, 4.69) is 5.32 Å². The number of para-hydroxylation sites is 1. The summed E-state index contributed by atoms with van der Waals surface area (Å²) in [6.07, 6.45) is 0. The predicted octanol–water partition coefficient (Wildman–Crippen LogP) is 2.69. The van der Waals surface area contributed by atoms with Crippen LogP contribution in [0, 0.1) is 11.6 Å². The Bertz CT molecular complexity index is 704. The van der Waals surface area contributed by atoms with Gasteiger partial charge in [-0.2, -0.15) is 0 Å². The van der Waals surface area contributed by atoms with Crippen molar-refractivity contribution in [2.24, 2.45) is 0 Å². The van der Waals surface area contributed by atoms with Gasteiger partial charge < -0.3 is 20.6 Å². The average molecular weight is 295 g/mol. The molecule has 0 aliphatic carbocycles. The Balaban J connectivity index is 2.26. The largest absolute Gasteiger partial charge is 0.504 e. The minimum absolute atomic E-state index is 0.0815. The van der Waals surface area contributed by atoms with Gasteiger partial charge in [-0.15, -0.1) is 0 Å². The second-order valence-corrected chi connectivity index (χ2v) is 4.26. The SMILES string of the molecule is O=C(O)c1cc(NCc2cccc(O)c2O)c(F)cc1F. The number of phenolic OH excluding ortho intramolecular Hbond substituents is 2. The molecule has 0 aliphatic heterocycles. The zero-order chi connectivity index (χ0) is 15.6. The van der Waals surface area contributed by atoms with Crippen molar-refractivity contribution < 1.29 is 28.9 Å². The number of hydrogen-bond acceptors (Lipinski definition) is 4. The monoisotopic (exact) mass is 295 g/mol. The number of carboxylic acids is 1. The number of aromatic hydroxyl groups is 2. The second-order valence-electron chi connectivity index (χ2n) is 4.26. The fourth-order valence-corrected chi connectivity index (χ4v) is 1.76. The van der Waals surface area contributed by atoms with Gasteiger partial charge in [-0.05, 0) is 12.1 Å². The van der Waals surface area contributed by atoms with Crippen molar-refractivity contribution in [3.05, 3.63) is 53.1 Å². The molecule has 0 fully saturated rings. The Morgan fingerprint density at radius 3 is 2.52 bits per heavy atom. The Hall–Kier alpha value is -2.83. The van der Waals surface area contributed by atoms with Gasteiger partial charge in [0.25, 0.3) is 0 Å². The van der Waals surface area contributed by atoms with Crippen molar-refractivity contribution >= 4 is 11.7 Å². The summed E-state index contributed by atoms with van der Waals surface area (Å²) >= 11 is 0. The molecule has 5 nitrogen and oxygen atoms in total. The van der Waals surface area contributed by atoms with Crippen LogP contribution in [0.4, 0.5) is 14.5 Å². The van der Waals surface area contributed by atoms with Crippen LogP contribution in [0.3, 0.4) is 0 Å². The smallest absolute Gasteiger partial charge is 0.338 e. The third-order valence-electron chi connectivity index (χ3n) is 2.85. The Kier molecular flexibility index (Phi) is 3.93. The van der Waals surface area contributed by atoms with E-state index in [1.165, 1.54) is 18.2 Å². The van der Waals surface area contributed by atoms with Gasteiger partial charge in [-0.1, -0.05) is 12.1 Å². The molecule has 2 aromatic carbocycles. The number of aromatic carboxylic acids is 1. The van der Waals surface area contributed by atoms with E-state index >= 15 is 0 Å². The van der Waals surface area contributed by atoms with E-state index in [1.54, 1.807) is 0 Å². The normalized spacial score (nSPS) is 10.4. The van der Waals surface area contributed by atoms with Crippen LogP contribution in [-0.4, -0.2) is 21.3 Å². The number of nitrogens with one attached hydrogen (secondary N) is 1. The molecule has 0 radical (unpaired) electrons. The first-order valence-electron chi connectivity index (χ1n) is 5.86. The molecule has 0 aliphatic rings. The van der Waals surface area contributed by atoms with Crippen molar-refractivity contribution in [2.45, 2.75) is 6.54 Å². The zero-order valence-corrected chi connectivity index (χ0v) is 10.6. The summed E-state index contributed by atoms with van der Waals surface area (Å²) in [4.78, 5) is 10.8. The zero-order valence-electron chi connectivity index (χ0n) is 10.6. The van der Waals surface area contributed by atoms with E-state index in [9.17, 15) is 23.8 Å². The van der Waals surface area contributed by atoms with Crippen LogP contribution in [0.5, 0.6) is 11.5 Å². The maximum absolute atomic E-state index is 13.6. The predicted molar refractivity (Wildman–Crippen MR) is 70.4 cm³/mol.